The van der Waals surface area contributed by atoms with E-state index in [1.165, 1.54) is 11.1 Å². The van der Waals surface area contributed by atoms with Gasteiger partial charge >= 0.3 is 0 Å². The molecule has 0 aliphatic heterocycles. The van der Waals surface area contributed by atoms with Crippen LogP contribution in [-0.2, 0) is 13.0 Å². The Labute approximate surface area is 117 Å². The summed E-state index contributed by atoms with van der Waals surface area (Å²) in [5.41, 5.74) is 5.91. The summed E-state index contributed by atoms with van der Waals surface area (Å²) in [7, 11) is 3.98. The molecule has 0 bridgehead atoms. The Kier molecular flexibility index (Phi) is 7.56. The maximum atomic E-state index is 3.20. The molecule has 0 fully saturated rings. The van der Waals surface area contributed by atoms with Gasteiger partial charge in [0, 0.05) is 20.6 Å². The lowest BCUT2D eigenvalue weighted by Gasteiger charge is -2.11. The molecule has 0 saturated carbocycles. The van der Waals surface area contributed by atoms with Crippen LogP contribution in [0.4, 0.5) is 0 Å². The summed E-state index contributed by atoms with van der Waals surface area (Å²) in [6.07, 6.45) is 1.14. The van der Waals surface area contributed by atoms with E-state index in [0.717, 1.165) is 13.0 Å². The zero-order valence-electron chi connectivity index (χ0n) is 12.1. The van der Waals surface area contributed by atoms with Gasteiger partial charge < -0.3 is 0 Å². The highest BCUT2D eigenvalue weighted by molar-refractivity contribution is 5.14. The normalized spacial score (nSPS) is 9.89. The molecule has 0 aromatic heterocycles. The molecule has 19 heavy (non-hydrogen) atoms. The van der Waals surface area contributed by atoms with Crippen LogP contribution in [0.1, 0.15) is 18.1 Å². The van der Waals surface area contributed by atoms with Crippen LogP contribution in [-0.4, -0.2) is 19.1 Å². The lowest BCUT2D eigenvalue weighted by molar-refractivity contribution is 0.286. The van der Waals surface area contributed by atoms with Gasteiger partial charge in [0.15, 0.2) is 0 Å². The molecule has 0 heterocycles. The van der Waals surface area contributed by atoms with Gasteiger partial charge in [-0.15, -0.1) is 0 Å². The summed E-state index contributed by atoms with van der Waals surface area (Å²) in [6, 6.07) is 20.8. The van der Waals surface area contributed by atoms with E-state index >= 15 is 0 Å². The van der Waals surface area contributed by atoms with E-state index in [0.29, 0.717) is 0 Å². The Bertz CT molecular complexity index is 424. The predicted octanol–water partition coefficient (Wildman–Crippen LogP) is 3.50. The average Bonchev–Trinajstić information content (AvgIpc) is 2.48. The minimum Gasteiger partial charge on any atom is -0.251 e. The molecule has 0 atom stereocenters. The zero-order chi connectivity index (χ0) is 13.9. The third kappa shape index (κ3) is 7.39. The predicted molar refractivity (Wildman–Crippen MR) is 82.8 cm³/mol. The Hall–Kier alpha value is -1.64. The SMILES string of the molecule is CCc1ccccc1.CN(C)NCc1ccccc1. The first-order valence-electron chi connectivity index (χ1n) is 6.71. The second kappa shape index (κ2) is 9.31. The van der Waals surface area contributed by atoms with E-state index in [9.17, 15) is 0 Å². The molecule has 0 radical (unpaired) electrons. The quantitative estimate of drug-likeness (QED) is 0.842. The van der Waals surface area contributed by atoms with Crippen molar-refractivity contribution in [3.63, 3.8) is 0 Å². The molecule has 1 N–H and O–H groups in total. The van der Waals surface area contributed by atoms with E-state index in [1.54, 1.807) is 0 Å². The van der Waals surface area contributed by atoms with Crippen molar-refractivity contribution in [2.45, 2.75) is 19.9 Å². The van der Waals surface area contributed by atoms with E-state index in [1.807, 2.05) is 43.4 Å². The van der Waals surface area contributed by atoms with Crippen molar-refractivity contribution in [3.8, 4) is 0 Å². The molecular weight excluding hydrogens is 232 g/mol. The van der Waals surface area contributed by atoms with Gasteiger partial charge in [-0.05, 0) is 17.5 Å². The highest BCUT2D eigenvalue weighted by atomic mass is 15.5. The van der Waals surface area contributed by atoms with Crippen LogP contribution in [0.25, 0.3) is 0 Å². The van der Waals surface area contributed by atoms with Crippen molar-refractivity contribution in [2.75, 3.05) is 14.1 Å². The zero-order valence-corrected chi connectivity index (χ0v) is 12.1. The number of hydrazine groups is 1. The fraction of sp³-hybridized carbons (Fsp3) is 0.294. The fourth-order valence-corrected chi connectivity index (χ4v) is 1.56. The maximum Gasteiger partial charge on any atom is 0.0353 e. The van der Waals surface area contributed by atoms with Gasteiger partial charge in [0.2, 0.25) is 0 Å². The number of aryl methyl sites for hydroxylation is 1. The van der Waals surface area contributed by atoms with Crippen molar-refractivity contribution >= 4 is 0 Å². The Morgan fingerprint density at radius 1 is 0.789 bits per heavy atom. The van der Waals surface area contributed by atoms with E-state index in [4.69, 9.17) is 0 Å². The topological polar surface area (TPSA) is 15.3 Å². The van der Waals surface area contributed by atoms with Crippen molar-refractivity contribution in [1.82, 2.24) is 10.4 Å². The van der Waals surface area contributed by atoms with Crippen LogP contribution in [0.3, 0.4) is 0 Å². The summed E-state index contributed by atoms with van der Waals surface area (Å²) in [5.74, 6) is 0. The van der Waals surface area contributed by atoms with Crippen LogP contribution in [0.15, 0.2) is 60.7 Å². The van der Waals surface area contributed by atoms with Gasteiger partial charge in [0.05, 0.1) is 0 Å². The summed E-state index contributed by atoms with van der Waals surface area (Å²) in [5, 5.41) is 1.95. The van der Waals surface area contributed by atoms with Crippen LogP contribution in [0.2, 0.25) is 0 Å². The van der Waals surface area contributed by atoms with Crippen molar-refractivity contribution < 1.29 is 0 Å². The first kappa shape index (κ1) is 15.4. The van der Waals surface area contributed by atoms with Crippen molar-refractivity contribution in [2.24, 2.45) is 0 Å². The van der Waals surface area contributed by atoms with Gasteiger partial charge in [-0.1, -0.05) is 67.6 Å². The lowest BCUT2D eigenvalue weighted by Crippen LogP contribution is -2.29. The van der Waals surface area contributed by atoms with E-state index in [-0.39, 0.29) is 0 Å². The molecule has 2 heteroatoms. The smallest absolute Gasteiger partial charge is 0.0353 e. The van der Waals surface area contributed by atoms with Crippen molar-refractivity contribution in [3.05, 3.63) is 71.8 Å². The van der Waals surface area contributed by atoms with E-state index < -0.39 is 0 Å². The molecule has 2 aromatic carbocycles. The molecule has 0 amide bonds. The molecule has 0 spiro atoms. The first-order chi connectivity index (χ1) is 9.22. The molecule has 0 saturated heterocycles. The third-order valence-electron chi connectivity index (χ3n) is 2.69. The molecule has 2 rings (SSSR count). The number of hydrogen-bond donors (Lipinski definition) is 1. The van der Waals surface area contributed by atoms with Gasteiger partial charge in [-0.25, -0.2) is 0 Å². The Morgan fingerprint density at radius 3 is 1.63 bits per heavy atom. The molecule has 2 aromatic rings. The molecule has 0 unspecified atom stereocenters. The molecule has 102 valence electrons. The van der Waals surface area contributed by atoms with Gasteiger partial charge in [-0.3, -0.25) is 10.4 Å². The second-order valence-electron chi connectivity index (χ2n) is 4.55. The highest BCUT2D eigenvalue weighted by Gasteiger charge is 1.89. The van der Waals surface area contributed by atoms with E-state index in [2.05, 4.69) is 48.7 Å². The second-order valence-corrected chi connectivity index (χ2v) is 4.55. The lowest BCUT2D eigenvalue weighted by atomic mass is 10.2. The highest BCUT2D eigenvalue weighted by Crippen LogP contribution is 1.97. The minimum atomic E-state index is 0.897. The summed E-state index contributed by atoms with van der Waals surface area (Å²) in [6.45, 7) is 3.06. The third-order valence-corrected chi connectivity index (χ3v) is 2.69. The average molecular weight is 256 g/mol. The molecule has 0 aliphatic rings. The van der Waals surface area contributed by atoms with Gasteiger partial charge in [-0.2, -0.15) is 0 Å². The Morgan fingerprint density at radius 2 is 1.26 bits per heavy atom. The largest absolute Gasteiger partial charge is 0.251 e. The van der Waals surface area contributed by atoms with Crippen LogP contribution >= 0.6 is 0 Å². The monoisotopic (exact) mass is 256 g/mol. The summed E-state index contributed by atoms with van der Waals surface area (Å²) in [4.78, 5) is 0. The van der Waals surface area contributed by atoms with Crippen molar-refractivity contribution in [1.29, 1.82) is 0 Å². The summed E-state index contributed by atoms with van der Waals surface area (Å²) >= 11 is 0. The van der Waals surface area contributed by atoms with Gasteiger partial charge in [0.25, 0.3) is 0 Å². The van der Waals surface area contributed by atoms with Crippen LogP contribution in [0, 0.1) is 0 Å². The number of nitrogens with zero attached hydrogens (tertiary/aromatic N) is 1. The van der Waals surface area contributed by atoms with Crippen LogP contribution < -0.4 is 5.43 Å². The molecule has 0 aliphatic carbocycles. The maximum absolute atomic E-state index is 3.20. The molecule has 2 nitrogen and oxygen atoms in total. The Balaban J connectivity index is 0.000000200. The fourth-order valence-electron chi connectivity index (χ4n) is 1.56. The summed E-state index contributed by atoms with van der Waals surface area (Å²) < 4.78 is 0. The van der Waals surface area contributed by atoms with Gasteiger partial charge in [0.1, 0.15) is 0 Å². The molecular formula is C17H24N2. The number of hydrogen-bond acceptors (Lipinski definition) is 2. The first-order valence-corrected chi connectivity index (χ1v) is 6.71. The van der Waals surface area contributed by atoms with Crippen LogP contribution in [0.5, 0.6) is 0 Å². The standard InChI is InChI=1S/C9H14N2.C8H10/c1-11(2)10-8-9-6-4-3-5-7-9;1-2-8-6-4-3-5-7-8/h3-7,10H,8H2,1-2H3;3-7H,2H2,1H3. The number of rotatable bonds is 4. The number of benzene rings is 2. The minimum absolute atomic E-state index is 0.897. The number of nitrogens with one attached hydrogen (secondary N) is 1.